The van der Waals surface area contributed by atoms with E-state index in [0.717, 1.165) is 5.56 Å². The Morgan fingerprint density at radius 1 is 0.824 bits per heavy atom. The number of carbonyl (C=O) groups is 2. The number of amides is 2. The van der Waals surface area contributed by atoms with Crippen molar-refractivity contribution in [2.24, 2.45) is 0 Å². The number of nitrogens with zero attached hydrogens (tertiary/aromatic N) is 2. The Balaban J connectivity index is 1.75. The topological polar surface area (TPSA) is 59.1 Å². The van der Waals surface area contributed by atoms with Gasteiger partial charge in [0.25, 0.3) is 11.8 Å². The zero-order chi connectivity index (χ0) is 24.2. The van der Waals surface area contributed by atoms with Crippen LogP contribution in [0.3, 0.4) is 0 Å². The van der Waals surface area contributed by atoms with Gasteiger partial charge in [0, 0.05) is 13.6 Å². The van der Waals surface area contributed by atoms with Crippen molar-refractivity contribution >= 4 is 23.1 Å². The van der Waals surface area contributed by atoms with Crippen molar-refractivity contribution in [1.29, 1.82) is 0 Å². The average Bonchev–Trinajstić information content (AvgIpc) is 3.10. The number of hydrogen-bond donors (Lipinski definition) is 0. The van der Waals surface area contributed by atoms with Gasteiger partial charge in [-0.2, -0.15) is 0 Å². The Labute approximate surface area is 200 Å². The van der Waals surface area contributed by atoms with Crippen molar-refractivity contribution in [3.63, 3.8) is 0 Å². The van der Waals surface area contributed by atoms with Gasteiger partial charge >= 0.3 is 0 Å². The third-order valence-electron chi connectivity index (χ3n) is 5.55. The van der Waals surface area contributed by atoms with Gasteiger partial charge in [0.1, 0.15) is 17.2 Å². The van der Waals surface area contributed by atoms with Crippen molar-refractivity contribution in [3.05, 3.63) is 95.7 Å². The molecule has 0 unspecified atom stereocenters. The summed E-state index contributed by atoms with van der Waals surface area (Å²) in [6, 6.07) is 24.1. The molecular formula is C28H28N2O4. The summed E-state index contributed by atoms with van der Waals surface area (Å²) in [5.41, 5.74) is 2.94. The average molecular weight is 457 g/mol. The van der Waals surface area contributed by atoms with Crippen LogP contribution in [0.2, 0.25) is 0 Å². The first-order chi connectivity index (χ1) is 16.4. The standard InChI is InChI=1S/C28H28N2O4/c1-19(2)34-24-14-10-21(11-15-24)25-26(29(3)18-20-8-6-5-7-9-20)28(32)30(27(25)31)22-12-16-23(33-4)17-13-22/h5-17,19H,18H2,1-4H3. The van der Waals surface area contributed by atoms with E-state index in [1.54, 1.807) is 31.4 Å². The van der Waals surface area contributed by atoms with Gasteiger partial charge in [0.15, 0.2) is 0 Å². The zero-order valence-electron chi connectivity index (χ0n) is 19.8. The lowest BCUT2D eigenvalue weighted by atomic mass is 10.0. The number of hydrogen-bond acceptors (Lipinski definition) is 5. The first-order valence-electron chi connectivity index (χ1n) is 11.2. The highest BCUT2D eigenvalue weighted by Crippen LogP contribution is 2.36. The molecular weight excluding hydrogens is 428 g/mol. The molecule has 3 aromatic carbocycles. The zero-order valence-corrected chi connectivity index (χ0v) is 19.8. The Bertz CT molecular complexity index is 1200. The second kappa shape index (κ2) is 9.83. The molecule has 0 atom stereocenters. The second-order valence-electron chi connectivity index (χ2n) is 8.40. The van der Waals surface area contributed by atoms with Crippen LogP contribution in [0.4, 0.5) is 5.69 Å². The molecule has 0 aromatic heterocycles. The highest BCUT2D eigenvalue weighted by molar-refractivity contribution is 6.45. The number of likely N-dealkylation sites (N-methyl/N-ethyl adjacent to an activating group) is 1. The quantitative estimate of drug-likeness (QED) is 0.451. The van der Waals surface area contributed by atoms with Gasteiger partial charge in [-0.1, -0.05) is 42.5 Å². The number of anilines is 1. The largest absolute Gasteiger partial charge is 0.497 e. The molecule has 34 heavy (non-hydrogen) atoms. The monoisotopic (exact) mass is 456 g/mol. The van der Waals surface area contributed by atoms with Crippen LogP contribution in [-0.4, -0.2) is 37.0 Å². The van der Waals surface area contributed by atoms with Crippen molar-refractivity contribution in [1.82, 2.24) is 4.90 Å². The predicted molar refractivity (Wildman–Crippen MR) is 133 cm³/mol. The van der Waals surface area contributed by atoms with Crippen LogP contribution in [0.1, 0.15) is 25.0 Å². The summed E-state index contributed by atoms with van der Waals surface area (Å²) >= 11 is 0. The van der Waals surface area contributed by atoms with Crippen LogP contribution in [-0.2, 0) is 16.1 Å². The molecule has 0 N–H and O–H groups in total. The molecule has 1 heterocycles. The van der Waals surface area contributed by atoms with E-state index in [2.05, 4.69) is 0 Å². The van der Waals surface area contributed by atoms with Gasteiger partial charge < -0.3 is 14.4 Å². The Kier molecular flexibility index (Phi) is 6.68. The second-order valence-corrected chi connectivity index (χ2v) is 8.40. The molecule has 0 saturated carbocycles. The first-order valence-corrected chi connectivity index (χ1v) is 11.2. The van der Waals surface area contributed by atoms with Crippen LogP contribution in [0.5, 0.6) is 11.5 Å². The van der Waals surface area contributed by atoms with E-state index in [1.807, 2.05) is 80.4 Å². The maximum absolute atomic E-state index is 13.7. The minimum Gasteiger partial charge on any atom is -0.497 e. The van der Waals surface area contributed by atoms with Gasteiger partial charge in [-0.25, -0.2) is 4.90 Å². The van der Waals surface area contributed by atoms with Crippen LogP contribution < -0.4 is 14.4 Å². The number of benzene rings is 3. The van der Waals surface area contributed by atoms with Gasteiger partial charge in [-0.05, 0) is 61.4 Å². The van der Waals surface area contributed by atoms with Gasteiger partial charge in [-0.3, -0.25) is 9.59 Å². The summed E-state index contributed by atoms with van der Waals surface area (Å²) in [6.07, 6.45) is 0.0397. The van der Waals surface area contributed by atoms with E-state index in [0.29, 0.717) is 40.6 Å². The maximum atomic E-state index is 13.7. The fourth-order valence-electron chi connectivity index (χ4n) is 4.01. The summed E-state index contributed by atoms with van der Waals surface area (Å²) in [7, 11) is 3.41. The molecule has 2 amide bonds. The summed E-state index contributed by atoms with van der Waals surface area (Å²) in [4.78, 5) is 30.4. The summed E-state index contributed by atoms with van der Waals surface area (Å²) in [5.74, 6) is 0.647. The van der Waals surface area contributed by atoms with E-state index in [9.17, 15) is 9.59 Å². The molecule has 0 fully saturated rings. The van der Waals surface area contributed by atoms with Gasteiger partial charge in [0.05, 0.1) is 24.5 Å². The Morgan fingerprint density at radius 3 is 2.03 bits per heavy atom. The predicted octanol–water partition coefficient (Wildman–Crippen LogP) is 4.90. The van der Waals surface area contributed by atoms with Crippen molar-refractivity contribution in [2.75, 3.05) is 19.1 Å². The van der Waals surface area contributed by atoms with Crippen LogP contribution in [0, 0.1) is 0 Å². The SMILES string of the molecule is COc1ccc(N2C(=O)C(c3ccc(OC(C)C)cc3)=C(N(C)Cc3ccccc3)C2=O)cc1. The fourth-order valence-corrected chi connectivity index (χ4v) is 4.01. The van der Waals surface area contributed by atoms with Crippen molar-refractivity contribution < 1.29 is 19.1 Å². The molecule has 0 bridgehead atoms. The smallest absolute Gasteiger partial charge is 0.282 e. The van der Waals surface area contributed by atoms with Crippen molar-refractivity contribution in [2.45, 2.75) is 26.5 Å². The third kappa shape index (κ3) is 4.66. The molecule has 1 aliphatic heterocycles. The molecule has 3 aromatic rings. The van der Waals surface area contributed by atoms with Gasteiger partial charge in [0.2, 0.25) is 0 Å². The third-order valence-corrected chi connectivity index (χ3v) is 5.55. The molecule has 0 saturated heterocycles. The number of imide groups is 1. The number of methoxy groups -OCH3 is 1. The molecule has 6 nitrogen and oxygen atoms in total. The Hall–Kier alpha value is -4.06. The lowest BCUT2D eigenvalue weighted by Crippen LogP contribution is -2.34. The fraction of sp³-hybridized carbons (Fsp3) is 0.214. The van der Waals surface area contributed by atoms with Crippen LogP contribution in [0.15, 0.2) is 84.6 Å². The van der Waals surface area contributed by atoms with Crippen LogP contribution in [0.25, 0.3) is 5.57 Å². The van der Waals surface area contributed by atoms with Gasteiger partial charge in [-0.15, -0.1) is 0 Å². The molecule has 0 aliphatic carbocycles. The molecule has 0 radical (unpaired) electrons. The summed E-state index contributed by atoms with van der Waals surface area (Å²) < 4.78 is 11.0. The van der Waals surface area contributed by atoms with E-state index in [4.69, 9.17) is 9.47 Å². The number of carbonyl (C=O) groups excluding carboxylic acids is 2. The molecule has 4 rings (SSSR count). The normalized spacial score (nSPS) is 13.6. The minimum atomic E-state index is -0.359. The van der Waals surface area contributed by atoms with Crippen LogP contribution >= 0.6 is 0 Å². The lowest BCUT2D eigenvalue weighted by Gasteiger charge is -2.21. The minimum absolute atomic E-state index is 0.0397. The molecule has 6 heteroatoms. The Morgan fingerprint density at radius 2 is 1.44 bits per heavy atom. The lowest BCUT2D eigenvalue weighted by molar-refractivity contribution is -0.120. The highest BCUT2D eigenvalue weighted by Gasteiger charge is 2.41. The van der Waals surface area contributed by atoms with Crippen molar-refractivity contribution in [3.8, 4) is 11.5 Å². The number of rotatable bonds is 8. The molecule has 0 spiro atoms. The van der Waals surface area contributed by atoms with E-state index < -0.39 is 0 Å². The first kappa shape index (κ1) is 23.1. The number of ether oxygens (including phenoxy) is 2. The van der Waals surface area contributed by atoms with E-state index >= 15 is 0 Å². The molecule has 1 aliphatic rings. The van der Waals surface area contributed by atoms with E-state index in [-0.39, 0.29) is 17.9 Å². The summed E-state index contributed by atoms with van der Waals surface area (Å²) in [6.45, 7) is 4.40. The maximum Gasteiger partial charge on any atom is 0.282 e. The highest BCUT2D eigenvalue weighted by atomic mass is 16.5. The summed E-state index contributed by atoms with van der Waals surface area (Å²) in [5, 5.41) is 0. The van der Waals surface area contributed by atoms with E-state index in [1.165, 1.54) is 4.90 Å². The molecule has 174 valence electrons.